The van der Waals surface area contributed by atoms with Crippen LogP contribution >= 0.6 is 0 Å². The third-order valence-corrected chi connectivity index (χ3v) is 7.33. The summed E-state index contributed by atoms with van der Waals surface area (Å²) in [6, 6.07) is 23.8. The van der Waals surface area contributed by atoms with E-state index in [9.17, 15) is 13.2 Å². The van der Waals surface area contributed by atoms with Gasteiger partial charge in [-0.25, -0.2) is 8.42 Å². The Morgan fingerprint density at radius 2 is 1.63 bits per heavy atom. The summed E-state index contributed by atoms with van der Waals surface area (Å²) in [6.07, 6.45) is 0.739. The lowest BCUT2D eigenvalue weighted by atomic mass is 10.2. The minimum atomic E-state index is -3.74. The molecule has 154 valence electrons. The van der Waals surface area contributed by atoms with Crippen LogP contribution in [0.25, 0.3) is 0 Å². The van der Waals surface area contributed by atoms with Crippen molar-refractivity contribution in [2.24, 2.45) is 0 Å². The highest BCUT2D eigenvalue weighted by Crippen LogP contribution is 2.31. The Morgan fingerprint density at radius 3 is 2.43 bits per heavy atom. The number of anilines is 1. The number of para-hydroxylation sites is 3. The van der Waals surface area contributed by atoms with Gasteiger partial charge >= 0.3 is 0 Å². The molecule has 1 heterocycles. The Balaban J connectivity index is 1.54. The van der Waals surface area contributed by atoms with E-state index in [0.717, 1.165) is 17.7 Å². The van der Waals surface area contributed by atoms with E-state index in [0.29, 0.717) is 23.6 Å². The summed E-state index contributed by atoms with van der Waals surface area (Å²) >= 11 is 0. The molecule has 30 heavy (non-hydrogen) atoms. The number of sulfone groups is 1. The Kier molecular flexibility index (Phi) is 5.59. The number of carbonyl (C=O) groups excluding carboxylic acids is 1. The normalized spacial score (nSPS) is 14.2. The molecule has 6 heteroatoms. The molecule has 0 spiro atoms. The zero-order chi connectivity index (χ0) is 21.1. The second-order valence-corrected chi connectivity index (χ2v) is 9.66. The molecule has 1 aliphatic rings. The van der Waals surface area contributed by atoms with Crippen molar-refractivity contribution >= 4 is 21.4 Å². The van der Waals surface area contributed by atoms with E-state index in [4.69, 9.17) is 4.74 Å². The Bertz CT molecular complexity index is 1160. The second kappa shape index (κ2) is 8.32. The molecule has 0 aliphatic carbocycles. The van der Waals surface area contributed by atoms with E-state index in [1.165, 1.54) is 6.92 Å². The van der Waals surface area contributed by atoms with Gasteiger partial charge in [-0.15, -0.1) is 0 Å². The van der Waals surface area contributed by atoms with Gasteiger partial charge in [-0.1, -0.05) is 54.6 Å². The fraction of sp³-hybridized carbons (Fsp3) is 0.208. The van der Waals surface area contributed by atoms with Crippen molar-refractivity contribution in [3.8, 4) is 11.5 Å². The minimum Gasteiger partial charge on any atom is -0.457 e. The van der Waals surface area contributed by atoms with E-state index >= 15 is 0 Å². The molecule has 5 nitrogen and oxygen atoms in total. The highest BCUT2D eigenvalue weighted by Gasteiger charge is 2.35. The Hall–Kier alpha value is -3.12. The minimum absolute atomic E-state index is 0.265. The maximum absolute atomic E-state index is 13.1. The summed E-state index contributed by atoms with van der Waals surface area (Å²) in [4.78, 5) is 14.6. The van der Waals surface area contributed by atoms with Crippen molar-refractivity contribution < 1.29 is 17.9 Å². The summed E-state index contributed by atoms with van der Waals surface area (Å²) in [5.74, 6) is 0.443. The molecule has 0 fully saturated rings. The van der Waals surface area contributed by atoms with Gasteiger partial charge in [0.2, 0.25) is 5.91 Å². The highest BCUT2D eigenvalue weighted by atomic mass is 32.2. The second-order valence-electron chi connectivity index (χ2n) is 7.34. The molecule has 1 atom stereocenters. The highest BCUT2D eigenvalue weighted by molar-refractivity contribution is 7.92. The molecule has 1 aliphatic heterocycles. The molecule has 0 saturated heterocycles. The Labute approximate surface area is 176 Å². The molecule has 0 bridgehead atoms. The predicted octanol–water partition coefficient (Wildman–Crippen LogP) is 4.37. The average molecular weight is 422 g/mol. The van der Waals surface area contributed by atoms with Crippen molar-refractivity contribution in [3.63, 3.8) is 0 Å². The molecule has 1 amide bonds. The number of fused-ring (bicyclic) bond motifs is 1. The van der Waals surface area contributed by atoms with Gasteiger partial charge in [0.1, 0.15) is 16.7 Å². The van der Waals surface area contributed by atoms with Crippen LogP contribution in [-0.2, 0) is 26.8 Å². The largest absolute Gasteiger partial charge is 0.457 e. The molecular weight excluding hydrogens is 398 g/mol. The maximum atomic E-state index is 13.1. The van der Waals surface area contributed by atoms with Gasteiger partial charge in [-0.05, 0) is 43.2 Å². The van der Waals surface area contributed by atoms with E-state index < -0.39 is 15.1 Å². The zero-order valence-electron chi connectivity index (χ0n) is 16.7. The zero-order valence-corrected chi connectivity index (χ0v) is 17.5. The van der Waals surface area contributed by atoms with Crippen LogP contribution in [0, 0.1) is 0 Å². The lowest BCUT2D eigenvalue weighted by Gasteiger charge is -2.22. The molecule has 0 aromatic heterocycles. The quantitative estimate of drug-likeness (QED) is 0.593. The van der Waals surface area contributed by atoms with Crippen molar-refractivity contribution in [2.45, 2.75) is 24.3 Å². The van der Waals surface area contributed by atoms with Crippen LogP contribution in [-0.4, -0.2) is 26.1 Å². The first-order valence-electron chi connectivity index (χ1n) is 9.87. The fourth-order valence-electron chi connectivity index (χ4n) is 3.62. The van der Waals surface area contributed by atoms with Crippen LogP contribution in [0.3, 0.4) is 0 Å². The standard InChI is InChI=1S/C24H23NO4S/c1-18(24(26)25-16-15-19-9-5-7-13-22(19)25)30(27,28)17-20-10-6-8-14-23(20)29-21-11-3-2-4-12-21/h2-14,18H,15-17H2,1H3. The molecule has 4 rings (SSSR count). The number of ether oxygens (including phenoxy) is 1. The van der Waals surface area contributed by atoms with Crippen molar-refractivity contribution in [3.05, 3.63) is 90.0 Å². The summed E-state index contributed by atoms with van der Waals surface area (Å²) in [5.41, 5.74) is 2.40. The first-order valence-corrected chi connectivity index (χ1v) is 11.6. The maximum Gasteiger partial charge on any atom is 0.245 e. The lowest BCUT2D eigenvalue weighted by molar-refractivity contribution is -0.117. The summed E-state index contributed by atoms with van der Waals surface area (Å²) in [7, 11) is -3.74. The third kappa shape index (κ3) is 4.09. The molecule has 0 saturated carbocycles. The van der Waals surface area contributed by atoms with E-state index in [1.54, 1.807) is 29.2 Å². The number of benzene rings is 3. The molecule has 0 radical (unpaired) electrons. The van der Waals surface area contributed by atoms with Gasteiger partial charge < -0.3 is 9.64 Å². The first kappa shape index (κ1) is 20.2. The van der Waals surface area contributed by atoms with E-state index in [2.05, 4.69) is 0 Å². The van der Waals surface area contributed by atoms with E-state index in [1.807, 2.05) is 54.6 Å². The van der Waals surface area contributed by atoms with Crippen LogP contribution in [0.15, 0.2) is 78.9 Å². The lowest BCUT2D eigenvalue weighted by Crippen LogP contribution is -2.41. The predicted molar refractivity (Wildman–Crippen MR) is 118 cm³/mol. The summed E-state index contributed by atoms with van der Waals surface area (Å²) in [6.45, 7) is 1.98. The van der Waals surface area contributed by atoms with Crippen molar-refractivity contribution in [1.29, 1.82) is 0 Å². The van der Waals surface area contributed by atoms with E-state index in [-0.39, 0.29) is 11.7 Å². The number of amides is 1. The summed E-state index contributed by atoms with van der Waals surface area (Å²) < 4.78 is 32.1. The molecule has 3 aromatic rings. The number of carbonyl (C=O) groups is 1. The van der Waals surface area contributed by atoms with Gasteiger partial charge in [0.25, 0.3) is 0 Å². The van der Waals surface area contributed by atoms with Gasteiger partial charge in [-0.3, -0.25) is 4.79 Å². The molecular formula is C24H23NO4S. The number of rotatable bonds is 6. The van der Waals surface area contributed by atoms with Gasteiger partial charge in [0.05, 0.1) is 5.75 Å². The third-order valence-electron chi connectivity index (χ3n) is 5.34. The van der Waals surface area contributed by atoms with Crippen LogP contribution in [0.2, 0.25) is 0 Å². The topological polar surface area (TPSA) is 63.7 Å². The number of hydrogen-bond donors (Lipinski definition) is 0. The van der Waals surface area contributed by atoms with Crippen molar-refractivity contribution in [1.82, 2.24) is 0 Å². The SMILES string of the molecule is CC(C(=O)N1CCc2ccccc21)S(=O)(=O)Cc1ccccc1Oc1ccccc1. The van der Waals surface area contributed by atoms with Crippen LogP contribution in [0.4, 0.5) is 5.69 Å². The van der Waals surface area contributed by atoms with Gasteiger partial charge in [0, 0.05) is 17.8 Å². The molecule has 0 N–H and O–H groups in total. The smallest absolute Gasteiger partial charge is 0.245 e. The Morgan fingerprint density at radius 1 is 0.967 bits per heavy atom. The molecule has 1 unspecified atom stereocenters. The van der Waals surface area contributed by atoms with Crippen LogP contribution < -0.4 is 9.64 Å². The monoisotopic (exact) mass is 421 g/mol. The van der Waals surface area contributed by atoms with Crippen LogP contribution in [0.5, 0.6) is 11.5 Å². The first-order chi connectivity index (χ1) is 14.5. The molecule has 3 aromatic carbocycles. The van der Waals surface area contributed by atoms with Gasteiger partial charge in [0.15, 0.2) is 9.84 Å². The van der Waals surface area contributed by atoms with Gasteiger partial charge in [-0.2, -0.15) is 0 Å². The van der Waals surface area contributed by atoms with Crippen molar-refractivity contribution in [2.75, 3.05) is 11.4 Å². The number of hydrogen-bond acceptors (Lipinski definition) is 4. The summed E-state index contributed by atoms with van der Waals surface area (Å²) in [5, 5.41) is -1.14. The fourth-order valence-corrected chi connectivity index (χ4v) is 4.98. The number of nitrogens with zero attached hydrogens (tertiary/aromatic N) is 1. The average Bonchev–Trinajstić information content (AvgIpc) is 3.19. The van der Waals surface area contributed by atoms with Crippen LogP contribution in [0.1, 0.15) is 18.1 Å².